The second kappa shape index (κ2) is 33.3. The first kappa shape index (κ1) is 66.1. The average molecular weight is 1180 g/mol. The summed E-state index contributed by atoms with van der Waals surface area (Å²) in [6, 6.07) is 11.3. The Labute approximate surface area is 479 Å². The number of aliphatic hydroxyl groups excluding tert-OH is 1. The van der Waals surface area contributed by atoms with Crippen LogP contribution >= 0.6 is 21.6 Å². The first-order valence-corrected chi connectivity index (χ1v) is 28.2. The SMILES string of the molecule is CCSSc1ccccc1OC(=O)CNC(=O)[C@H](CO)NC(=O)[C@H](CC(C)C)NC(=O)[C@H](CC(=O)O)NC(=O)[C@H](CCC(=O)O)NC(=O)[C@H](CC(N)=O)NC(=O)[C@H](CCCN=C(N)N)NC(=O)OCC1c2ccccc2-c2ccccc21. The molecule has 0 unspecified atom stereocenters. The largest absolute Gasteiger partial charge is 0.481 e. The highest BCUT2D eigenvalue weighted by Gasteiger charge is 2.36. The number of rotatable bonds is 34. The van der Waals surface area contributed by atoms with Crippen LogP contribution in [0.15, 0.2) is 82.7 Å². The van der Waals surface area contributed by atoms with E-state index in [0.717, 1.165) is 28.0 Å². The van der Waals surface area contributed by atoms with Gasteiger partial charge in [0.2, 0.25) is 41.4 Å². The van der Waals surface area contributed by atoms with Gasteiger partial charge in [0.25, 0.3) is 0 Å². The Morgan fingerprint density at radius 2 is 1.16 bits per heavy atom. The Kier molecular flexibility index (Phi) is 26.9. The molecular weight excluding hydrogens is 1110 g/mol. The third kappa shape index (κ3) is 21.6. The van der Waals surface area contributed by atoms with E-state index >= 15 is 0 Å². The number of carbonyl (C=O) groups excluding carboxylic acids is 9. The second-order valence-corrected chi connectivity index (χ2v) is 21.5. The minimum absolute atomic E-state index is 0.00471. The molecule has 0 fully saturated rings. The van der Waals surface area contributed by atoms with E-state index in [-0.39, 0.29) is 56.0 Å². The number of carboxylic acid groups (broad SMARTS) is 2. The second-order valence-electron chi connectivity index (χ2n) is 18.9. The Morgan fingerprint density at radius 1 is 0.634 bits per heavy atom. The van der Waals surface area contributed by atoms with E-state index < -0.39 is 140 Å². The molecule has 1 aliphatic rings. The lowest BCUT2D eigenvalue weighted by Crippen LogP contribution is -2.60. The van der Waals surface area contributed by atoms with Crippen LogP contribution in [-0.4, -0.2) is 155 Å². The maximum Gasteiger partial charge on any atom is 0.407 e. The predicted molar refractivity (Wildman–Crippen MR) is 300 cm³/mol. The summed E-state index contributed by atoms with van der Waals surface area (Å²) in [4.78, 5) is 149. The number of nitrogens with zero attached hydrogens (tertiary/aromatic N) is 1. The number of aliphatic carboxylic acids is 2. The van der Waals surface area contributed by atoms with Crippen LogP contribution in [0.25, 0.3) is 11.1 Å². The summed E-state index contributed by atoms with van der Waals surface area (Å²) in [6.07, 6.45) is -4.78. The highest BCUT2D eigenvalue weighted by atomic mass is 33.1. The van der Waals surface area contributed by atoms with Crippen molar-refractivity contribution in [1.29, 1.82) is 0 Å². The predicted octanol–water partition coefficient (Wildman–Crippen LogP) is 0.107. The van der Waals surface area contributed by atoms with Gasteiger partial charge >= 0.3 is 24.0 Å². The van der Waals surface area contributed by atoms with E-state index in [9.17, 15) is 68.1 Å². The van der Waals surface area contributed by atoms with Gasteiger partial charge in [0.05, 0.1) is 24.3 Å². The van der Waals surface area contributed by atoms with Crippen LogP contribution in [-0.2, 0) is 52.7 Å². The van der Waals surface area contributed by atoms with Crippen molar-refractivity contribution in [2.75, 3.05) is 32.1 Å². The van der Waals surface area contributed by atoms with Crippen molar-refractivity contribution in [1.82, 2.24) is 37.2 Å². The summed E-state index contributed by atoms with van der Waals surface area (Å²) >= 11 is 0. The molecule has 8 amide bonds. The number of hydrogen-bond donors (Lipinski definition) is 13. The van der Waals surface area contributed by atoms with Crippen LogP contribution in [0.4, 0.5) is 4.79 Å². The number of amides is 8. The Balaban J connectivity index is 1.47. The summed E-state index contributed by atoms with van der Waals surface area (Å²) in [5.41, 5.74) is 20.1. The third-order valence-corrected chi connectivity index (χ3v) is 14.6. The number of carbonyl (C=O) groups is 11. The molecule has 1 aliphatic carbocycles. The minimum Gasteiger partial charge on any atom is -0.481 e. The number of benzene rings is 3. The zero-order valence-electron chi connectivity index (χ0n) is 45.2. The van der Waals surface area contributed by atoms with Crippen molar-refractivity contribution < 1.29 is 77.5 Å². The number of nitrogens with two attached hydrogens (primary N) is 3. The molecule has 3 aromatic rings. The van der Waals surface area contributed by atoms with E-state index in [1.54, 1.807) is 38.1 Å². The molecule has 3 aromatic carbocycles. The van der Waals surface area contributed by atoms with Gasteiger partial charge in [0, 0.05) is 24.6 Å². The van der Waals surface area contributed by atoms with Crippen molar-refractivity contribution in [3.05, 3.63) is 83.9 Å². The minimum atomic E-state index is -2.02. The lowest BCUT2D eigenvalue weighted by Gasteiger charge is -2.27. The molecule has 0 saturated heterocycles. The van der Waals surface area contributed by atoms with Crippen molar-refractivity contribution >= 4 is 92.9 Å². The van der Waals surface area contributed by atoms with E-state index in [4.69, 9.17) is 26.7 Å². The van der Waals surface area contributed by atoms with Gasteiger partial charge in [0.15, 0.2) is 5.96 Å². The number of aliphatic imine (C=N–C) groups is 1. The van der Waals surface area contributed by atoms with Crippen LogP contribution in [0.5, 0.6) is 5.75 Å². The van der Waals surface area contributed by atoms with E-state index in [1.807, 2.05) is 55.5 Å². The number of alkyl carbamates (subject to hydrolysis) is 1. The Hall–Kier alpha value is -8.44. The monoisotopic (exact) mass is 1180 g/mol. The van der Waals surface area contributed by atoms with Gasteiger partial charge in [-0.15, -0.1) is 0 Å². The molecule has 0 radical (unpaired) electrons. The molecule has 16 N–H and O–H groups in total. The fourth-order valence-electron chi connectivity index (χ4n) is 8.31. The smallest absolute Gasteiger partial charge is 0.407 e. The molecule has 0 aliphatic heterocycles. The van der Waals surface area contributed by atoms with Gasteiger partial charge < -0.3 is 79.2 Å². The summed E-state index contributed by atoms with van der Waals surface area (Å²) in [5, 5.41) is 45.5. The highest BCUT2D eigenvalue weighted by Crippen LogP contribution is 2.44. The number of para-hydroxylation sites is 1. The zero-order valence-corrected chi connectivity index (χ0v) is 46.8. The number of aliphatic hydroxyl groups is 1. The molecule has 4 rings (SSSR count). The lowest BCUT2D eigenvalue weighted by atomic mass is 9.98. The average Bonchev–Trinajstić information content (AvgIpc) is 4.04. The molecule has 0 heterocycles. The first-order valence-electron chi connectivity index (χ1n) is 25.9. The number of nitrogens with one attached hydrogen (secondary N) is 7. The van der Waals surface area contributed by atoms with Gasteiger partial charge in [-0.25, -0.2) is 9.59 Å². The topological polar surface area (TPSA) is 442 Å². The van der Waals surface area contributed by atoms with Crippen LogP contribution in [0.3, 0.4) is 0 Å². The van der Waals surface area contributed by atoms with Crippen molar-refractivity contribution in [2.24, 2.45) is 28.1 Å². The van der Waals surface area contributed by atoms with Crippen LogP contribution < -0.4 is 59.2 Å². The van der Waals surface area contributed by atoms with Crippen LogP contribution in [0.1, 0.15) is 82.8 Å². The van der Waals surface area contributed by atoms with Crippen LogP contribution in [0, 0.1) is 5.92 Å². The molecule has 0 bridgehead atoms. The summed E-state index contributed by atoms with van der Waals surface area (Å²) in [6.45, 7) is 3.46. The number of hydrogen-bond acceptors (Lipinski definition) is 17. The lowest BCUT2D eigenvalue weighted by molar-refractivity contribution is -0.141. The fourth-order valence-corrected chi connectivity index (χ4v) is 10.0. The first-order chi connectivity index (χ1) is 39.0. The summed E-state index contributed by atoms with van der Waals surface area (Å²) < 4.78 is 11.0. The maximum atomic E-state index is 14.0. The molecule has 29 heteroatoms. The zero-order chi connectivity index (χ0) is 60.5. The van der Waals surface area contributed by atoms with Gasteiger partial charge in [-0.2, -0.15) is 0 Å². The molecule has 0 spiro atoms. The van der Waals surface area contributed by atoms with Crippen molar-refractivity contribution in [3.63, 3.8) is 0 Å². The quantitative estimate of drug-likeness (QED) is 0.00942. The summed E-state index contributed by atoms with van der Waals surface area (Å²) in [5.74, 6) is -12.0. The molecule has 27 nitrogen and oxygen atoms in total. The summed E-state index contributed by atoms with van der Waals surface area (Å²) in [7, 11) is 2.88. The third-order valence-electron chi connectivity index (χ3n) is 12.1. The maximum absolute atomic E-state index is 14.0. The normalized spacial score (nSPS) is 13.6. The van der Waals surface area contributed by atoms with Gasteiger partial charge in [-0.3, -0.25) is 48.1 Å². The highest BCUT2D eigenvalue weighted by molar-refractivity contribution is 8.76. The van der Waals surface area contributed by atoms with Crippen molar-refractivity contribution in [2.45, 2.75) is 113 Å². The van der Waals surface area contributed by atoms with E-state index in [0.29, 0.717) is 4.90 Å². The number of fused-ring (bicyclic) bond motifs is 3. The standard InChI is InChI=1S/C53H69N11O16S2/c1-4-81-82-41-18-10-9-17-40(41)80-45(71)25-58-46(72)39(26-65)63-49(75)36(22-28(2)3)60-51(77)38(24-44(69)70)62-48(74)35(19-20-43(67)68)59-50(76)37(23-42(54)66)61-47(73)34(16-11-21-57-52(55)56)64-53(78)79-27-33-31-14-7-5-12-29(31)30-13-6-8-15-32(30)33/h5-10,12-15,17-18,28,33-39,65H,4,11,16,19-27H2,1-3H3,(H2,54,66)(H,58,72)(H,59,76)(H,60,77)(H,61,73)(H,62,74)(H,63,75)(H,64,78)(H,67,68)(H,69,70)(H4,55,56,57)/t34-,35-,36-,37-,38-,39-/m0/s1. The molecular formula is C53H69N11O16S2. The van der Waals surface area contributed by atoms with Gasteiger partial charge in [-0.05, 0) is 66.0 Å². The fraction of sp³-hybridized carbons (Fsp3) is 0.434. The van der Waals surface area contributed by atoms with Crippen LogP contribution in [0.2, 0.25) is 0 Å². The number of primary amides is 1. The Morgan fingerprint density at radius 3 is 1.72 bits per heavy atom. The Bertz CT molecular complexity index is 2770. The number of carboxylic acids is 2. The number of guanidine groups is 1. The number of esters is 1. The molecule has 0 aromatic heterocycles. The number of ether oxygens (including phenoxy) is 2. The van der Waals surface area contributed by atoms with Crippen molar-refractivity contribution in [3.8, 4) is 16.9 Å². The van der Waals surface area contributed by atoms with Gasteiger partial charge in [-0.1, -0.05) is 103 Å². The molecule has 444 valence electrons. The molecule has 0 saturated carbocycles. The van der Waals surface area contributed by atoms with E-state index in [2.05, 4.69) is 42.2 Å². The molecule has 6 atom stereocenters. The molecule has 82 heavy (non-hydrogen) atoms. The van der Waals surface area contributed by atoms with Gasteiger partial charge in [0.1, 0.15) is 55.2 Å². The van der Waals surface area contributed by atoms with E-state index in [1.165, 1.54) is 21.6 Å².